The number of halogens is 1. The number of nitrogens with zero attached hydrogens (tertiary/aromatic N) is 2. The molecule has 0 aliphatic rings. The van der Waals surface area contributed by atoms with E-state index in [1.807, 2.05) is 37.3 Å². The number of furan rings is 1. The summed E-state index contributed by atoms with van der Waals surface area (Å²) in [7, 11) is 1.67. The molecule has 3 rings (SSSR count). The van der Waals surface area contributed by atoms with Crippen LogP contribution in [-0.2, 0) is 11.3 Å². The topological polar surface area (TPSA) is 102 Å². The Hall–Kier alpha value is -2.66. The highest BCUT2D eigenvalue weighted by atomic mass is 127. The summed E-state index contributed by atoms with van der Waals surface area (Å²) in [5.74, 6) is 1.45. The van der Waals surface area contributed by atoms with Gasteiger partial charge in [-0.3, -0.25) is 10.1 Å². The third kappa shape index (κ3) is 7.21. The highest BCUT2D eigenvalue weighted by Crippen LogP contribution is 2.23. The Balaban J connectivity index is 0.00000341. The predicted molar refractivity (Wildman–Crippen MR) is 132 cm³/mol. The van der Waals surface area contributed by atoms with Gasteiger partial charge in [0.25, 0.3) is 5.69 Å². The summed E-state index contributed by atoms with van der Waals surface area (Å²) < 4.78 is 11.0. The normalized spacial score (nSPS) is 12.3. The Morgan fingerprint density at radius 1 is 1.23 bits per heavy atom. The van der Waals surface area contributed by atoms with Gasteiger partial charge in [0, 0.05) is 37.8 Å². The largest absolute Gasteiger partial charge is 0.459 e. The van der Waals surface area contributed by atoms with Crippen LogP contribution in [0.1, 0.15) is 30.7 Å². The first kappa shape index (κ1) is 24.6. The van der Waals surface area contributed by atoms with Crippen LogP contribution >= 0.6 is 24.0 Å². The zero-order chi connectivity index (χ0) is 21.3. The fourth-order valence-electron chi connectivity index (χ4n) is 2.96. The van der Waals surface area contributed by atoms with Crippen molar-refractivity contribution in [1.29, 1.82) is 0 Å². The fraction of sp³-hybridized carbons (Fsp3) is 0.318. The lowest BCUT2D eigenvalue weighted by Gasteiger charge is -2.17. The maximum Gasteiger partial charge on any atom is 0.269 e. The van der Waals surface area contributed by atoms with Crippen molar-refractivity contribution < 1.29 is 14.1 Å². The molecule has 2 N–H and O–H groups in total. The molecule has 0 saturated heterocycles. The number of nitro groups is 1. The molecule has 166 valence electrons. The molecule has 0 spiro atoms. The van der Waals surface area contributed by atoms with Crippen LogP contribution in [0.25, 0.3) is 11.0 Å². The number of hydrogen-bond acceptors (Lipinski definition) is 5. The zero-order valence-corrected chi connectivity index (χ0v) is 19.9. The van der Waals surface area contributed by atoms with E-state index < -0.39 is 4.92 Å². The lowest BCUT2D eigenvalue weighted by Crippen LogP contribution is -2.39. The maximum absolute atomic E-state index is 10.8. The molecule has 9 heteroatoms. The molecule has 0 aliphatic heterocycles. The van der Waals surface area contributed by atoms with Crippen LogP contribution in [0.15, 0.2) is 64.0 Å². The number of aliphatic imine (C=N–C) groups is 1. The Bertz CT molecular complexity index is 971. The van der Waals surface area contributed by atoms with Gasteiger partial charge in [0.05, 0.1) is 17.5 Å². The molecular formula is C22H27IN4O4. The average Bonchev–Trinajstić information content (AvgIpc) is 3.19. The van der Waals surface area contributed by atoms with Crippen molar-refractivity contribution in [3.05, 3.63) is 76.0 Å². The first-order valence-electron chi connectivity index (χ1n) is 9.82. The van der Waals surface area contributed by atoms with Crippen molar-refractivity contribution in [2.45, 2.75) is 25.9 Å². The van der Waals surface area contributed by atoms with Crippen molar-refractivity contribution in [3.8, 4) is 0 Å². The lowest BCUT2D eigenvalue weighted by atomic mass is 10.2. The van der Waals surface area contributed by atoms with Gasteiger partial charge in [0.15, 0.2) is 5.96 Å². The molecule has 0 amide bonds. The molecule has 1 aromatic heterocycles. The Kier molecular flexibility index (Phi) is 9.73. The third-order valence-corrected chi connectivity index (χ3v) is 4.61. The number of benzene rings is 2. The van der Waals surface area contributed by atoms with Gasteiger partial charge in [0.1, 0.15) is 11.3 Å². The number of para-hydroxylation sites is 1. The second kappa shape index (κ2) is 12.3. The zero-order valence-electron chi connectivity index (χ0n) is 17.5. The molecule has 3 aromatic rings. The number of fused-ring (bicyclic) bond motifs is 1. The molecule has 2 aromatic carbocycles. The van der Waals surface area contributed by atoms with Crippen LogP contribution in [0.2, 0.25) is 0 Å². The van der Waals surface area contributed by atoms with Crippen LogP contribution in [0.4, 0.5) is 5.69 Å². The van der Waals surface area contributed by atoms with E-state index in [9.17, 15) is 10.1 Å². The number of rotatable bonds is 9. The van der Waals surface area contributed by atoms with Gasteiger partial charge in [-0.1, -0.05) is 30.3 Å². The average molecular weight is 538 g/mol. The van der Waals surface area contributed by atoms with E-state index in [2.05, 4.69) is 15.6 Å². The number of ether oxygens (including phenoxy) is 1. The number of hydrogen-bond donors (Lipinski definition) is 2. The summed E-state index contributed by atoms with van der Waals surface area (Å²) >= 11 is 0. The van der Waals surface area contributed by atoms with Gasteiger partial charge in [0.2, 0.25) is 0 Å². The van der Waals surface area contributed by atoms with Gasteiger partial charge >= 0.3 is 0 Å². The predicted octanol–water partition coefficient (Wildman–Crippen LogP) is 4.79. The van der Waals surface area contributed by atoms with Crippen LogP contribution in [0.5, 0.6) is 0 Å². The molecule has 1 unspecified atom stereocenters. The standard InChI is InChI=1S/C22H26N4O4.HI/c1-16(21-14-18-6-3-4-7-20(18)30-21)25-22(23-12-5-13-29-2)24-15-17-8-10-19(11-9-17)26(27)28;/h3-4,6-11,14,16H,5,12-13,15H2,1-2H3,(H2,23,24,25);1H. The first-order valence-corrected chi connectivity index (χ1v) is 9.82. The van der Waals surface area contributed by atoms with Gasteiger partial charge in [-0.25, -0.2) is 4.99 Å². The molecule has 0 bridgehead atoms. The van der Waals surface area contributed by atoms with Crippen molar-refractivity contribution in [1.82, 2.24) is 10.6 Å². The Labute approximate surface area is 198 Å². The maximum atomic E-state index is 10.8. The third-order valence-electron chi connectivity index (χ3n) is 4.61. The number of nitro benzene ring substituents is 1. The van der Waals surface area contributed by atoms with Crippen molar-refractivity contribution in [3.63, 3.8) is 0 Å². The number of non-ortho nitro benzene ring substituents is 1. The molecule has 1 heterocycles. The first-order chi connectivity index (χ1) is 14.6. The second-order valence-electron chi connectivity index (χ2n) is 6.91. The molecule has 31 heavy (non-hydrogen) atoms. The van der Waals surface area contributed by atoms with E-state index in [-0.39, 0.29) is 35.7 Å². The van der Waals surface area contributed by atoms with Crippen molar-refractivity contribution in [2.24, 2.45) is 4.99 Å². The minimum Gasteiger partial charge on any atom is -0.459 e. The highest BCUT2D eigenvalue weighted by Gasteiger charge is 2.13. The minimum absolute atomic E-state index is 0. The van der Waals surface area contributed by atoms with E-state index in [1.165, 1.54) is 12.1 Å². The number of guanidine groups is 1. The van der Waals surface area contributed by atoms with E-state index in [1.54, 1.807) is 19.2 Å². The monoisotopic (exact) mass is 538 g/mol. The van der Waals surface area contributed by atoms with Crippen LogP contribution in [-0.4, -0.2) is 31.1 Å². The fourth-order valence-corrected chi connectivity index (χ4v) is 2.96. The van der Waals surface area contributed by atoms with Crippen molar-refractivity contribution >= 4 is 46.6 Å². The molecule has 1 atom stereocenters. The summed E-state index contributed by atoms with van der Waals surface area (Å²) in [6.07, 6.45) is 0.841. The van der Waals surface area contributed by atoms with E-state index >= 15 is 0 Å². The summed E-state index contributed by atoms with van der Waals surface area (Å²) in [5.41, 5.74) is 1.80. The Morgan fingerprint density at radius 3 is 2.65 bits per heavy atom. The van der Waals surface area contributed by atoms with Crippen LogP contribution in [0.3, 0.4) is 0 Å². The quantitative estimate of drug-likeness (QED) is 0.101. The number of nitrogens with one attached hydrogen (secondary N) is 2. The van der Waals surface area contributed by atoms with E-state index in [0.29, 0.717) is 25.7 Å². The number of methoxy groups -OCH3 is 1. The summed E-state index contributed by atoms with van der Waals surface area (Å²) in [5, 5.41) is 18.5. The van der Waals surface area contributed by atoms with Crippen molar-refractivity contribution in [2.75, 3.05) is 20.3 Å². The molecule has 0 aliphatic carbocycles. The summed E-state index contributed by atoms with van der Waals surface area (Å²) in [6, 6.07) is 16.2. The molecular weight excluding hydrogens is 511 g/mol. The second-order valence-corrected chi connectivity index (χ2v) is 6.91. The van der Waals surface area contributed by atoms with Crippen LogP contribution < -0.4 is 10.6 Å². The SMILES string of the molecule is COCCCNC(=NCc1ccc([N+](=O)[O-])cc1)NC(C)c1cc2ccccc2o1.I. The van der Waals surface area contributed by atoms with E-state index in [0.717, 1.165) is 28.7 Å². The minimum atomic E-state index is -0.410. The van der Waals surface area contributed by atoms with Gasteiger partial charge < -0.3 is 19.8 Å². The van der Waals surface area contributed by atoms with Gasteiger partial charge in [-0.15, -0.1) is 24.0 Å². The molecule has 0 radical (unpaired) electrons. The van der Waals surface area contributed by atoms with Gasteiger partial charge in [-0.2, -0.15) is 0 Å². The highest BCUT2D eigenvalue weighted by molar-refractivity contribution is 14.0. The Morgan fingerprint density at radius 2 is 1.97 bits per heavy atom. The molecule has 8 nitrogen and oxygen atoms in total. The summed E-state index contributed by atoms with van der Waals surface area (Å²) in [4.78, 5) is 15.0. The lowest BCUT2D eigenvalue weighted by molar-refractivity contribution is -0.384. The smallest absolute Gasteiger partial charge is 0.269 e. The van der Waals surface area contributed by atoms with Crippen LogP contribution in [0, 0.1) is 10.1 Å². The van der Waals surface area contributed by atoms with E-state index in [4.69, 9.17) is 9.15 Å². The molecule has 0 saturated carbocycles. The van der Waals surface area contributed by atoms with Gasteiger partial charge in [-0.05, 0) is 31.0 Å². The summed E-state index contributed by atoms with van der Waals surface area (Å²) in [6.45, 7) is 3.76. The molecule has 0 fully saturated rings.